The zero-order valence-corrected chi connectivity index (χ0v) is 14.1. The smallest absolute Gasteiger partial charge is 0.234 e. The van der Waals surface area contributed by atoms with Crippen LogP contribution in [0.4, 0.5) is 0 Å². The monoisotopic (exact) mass is 325 g/mol. The molecule has 0 unspecified atom stereocenters. The Balaban J connectivity index is 1.96. The molecule has 3 heteroatoms. The third kappa shape index (κ3) is 2.96. The number of para-hydroxylation sites is 1. The van der Waals surface area contributed by atoms with Crippen molar-refractivity contribution in [1.29, 1.82) is 0 Å². The molecule has 0 amide bonds. The van der Waals surface area contributed by atoms with Gasteiger partial charge in [-0.1, -0.05) is 55.5 Å². The largest absolute Gasteiger partial charge is 0.278 e. The molecule has 2 heterocycles. The molecule has 0 spiro atoms. The first kappa shape index (κ1) is 15.3. The minimum absolute atomic E-state index is 0.700. The molecule has 4 aromatic rings. The van der Waals surface area contributed by atoms with Crippen LogP contribution in [0.2, 0.25) is 0 Å². The first-order valence-corrected chi connectivity index (χ1v) is 8.50. The molecule has 0 saturated heterocycles. The van der Waals surface area contributed by atoms with Crippen LogP contribution >= 0.6 is 0 Å². The second-order valence-corrected chi connectivity index (χ2v) is 5.91. The summed E-state index contributed by atoms with van der Waals surface area (Å²) < 4.78 is 2.15. The lowest BCUT2D eigenvalue weighted by molar-refractivity contribution is 0.943. The molecule has 2 aromatic heterocycles. The lowest BCUT2D eigenvalue weighted by Crippen LogP contribution is -2.04. The van der Waals surface area contributed by atoms with E-state index in [1.54, 1.807) is 12.4 Å². The van der Waals surface area contributed by atoms with Crippen LogP contribution in [-0.4, -0.2) is 14.5 Å². The van der Waals surface area contributed by atoms with E-state index in [0.29, 0.717) is 5.95 Å². The van der Waals surface area contributed by atoms with E-state index < -0.39 is 0 Å². The van der Waals surface area contributed by atoms with Gasteiger partial charge < -0.3 is 0 Å². The molecule has 0 saturated carbocycles. The number of hydrogen-bond donors (Lipinski definition) is 0. The summed E-state index contributed by atoms with van der Waals surface area (Å²) in [6, 6.07) is 22.9. The number of nitrogens with zero attached hydrogens (tertiary/aromatic N) is 3. The van der Waals surface area contributed by atoms with Crippen LogP contribution in [0.5, 0.6) is 0 Å². The summed E-state index contributed by atoms with van der Waals surface area (Å²) in [4.78, 5) is 8.96. The lowest BCUT2D eigenvalue weighted by atomic mass is 10.1. The van der Waals surface area contributed by atoms with Gasteiger partial charge >= 0.3 is 0 Å². The van der Waals surface area contributed by atoms with Gasteiger partial charge in [0.15, 0.2) is 0 Å². The van der Waals surface area contributed by atoms with Gasteiger partial charge in [-0.15, -0.1) is 0 Å². The molecule has 0 N–H and O–H groups in total. The molecular weight excluding hydrogens is 306 g/mol. The van der Waals surface area contributed by atoms with Crippen molar-refractivity contribution >= 4 is 22.6 Å². The lowest BCUT2D eigenvalue weighted by Gasteiger charge is -2.11. The molecule has 0 fully saturated rings. The summed E-state index contributed by atoms with van der Waals surface area (Å²) in [5, 5.41) is 1.19. The van der Waals surface area contributed by atoms with Crippen molar-refractivity contribution in [3.05, 3.63) is 90.4 Å². The maximum Gasteiger partial charge on any atom is 0.234 e. The molecule has 0 bridgehead atoms. The standard InChI is InChI=1S/C22H19N3/c1-2-18(15-17-9-4-3-5-10-17)21-16-19-11-6-7-12-20(19)25(21)22-23-13-8-14-24-22/h3-16H,2H2,1H3/b18-15+. The second kappa shape index (κ2) is 6.73. The molecule has 2 aromatic carbocycles. The Labute approximate surface area is 147 Å². The summed E-state index contributed by atoms with van der Waals surface area (Å²) in [6.07, 6.45) is 6.74. The third-order valence-corrected chi connectivity index (χ3v) is 4.31. The summed E-state index contributed by atoms with van der Waals surface area (Å²) in [5.74, 6) is 0.700. The van der Waals surface area contributed by atoms with Crippen LogP contribution in [0.25, 0.3) is 28.5 Å². The predicted molar refractivity (Wildman–Crippen MR) is 103 cm³/mol. The average Bonchev–Trinajstić information content (AvgIpc) is 3.07. The first-order chi connectivity index (χ1) is 12.4. The van der Waals surface area contributed by atoms with E-state index in [9.17, 15) is 0 Å². The second-order valence-electron chi connectivity index (χ2n) is 5.91. The fourth-order valence-corrected chi connectivity index (χ4v) is 3.12. The van der Waals surface area contributed by atoms with Gasteiger partial charge in [0.2, 0.25) is 5.95 Å². The minimum atomic E-state index is 0.700. The molecule has 3 nitrogen and oxygen atoms in total. The van der Waals surface area contributed by atoms with Crippen molar-refractivity contribution in [3.63, 3.8) is 0 Å². The highest BCUT2D eigenvalue weighted by atomic mass is 15.2. The van der Waals surface area contributed by atoms with Crippen LogP contribution in [0, 0.1) is 0 Å². The van der Waals surface area contributed by atoms with Gasteiger partial charge in [0.1, 0.15) is 0 Å². The Morgan fingerprint density at radius 2 is 1.64 bits per heavy atom. The summed E-state index contributed by atoms with van der Waals surface area (Å²) in [5.41, 5.74) is 4.72. The Morgan fingerprint density at radius 1 is 0.920 bits per heavy atom. The molecule has 0 atom stereocenters. The number of aromatic nitrogens is 3. The number of fused-ring (bicyclic) bond motifs is 1. The topological polar surface area (TPSA) is 30.7 Å². The van der Waals surface area contributed by atoms with Crippen LogP contribution in [0.1, 0.15) is 24.6 Å². The Bertz CT molecular complexity index is 1020. The van der Waals surface area contributed by atoms with Crippen LogP contribution < -0.4 is 0 Å². The van der Waals surface area contributed by atoms with Crippen LogP contribution in [0.3, 0.4) is 0 Å². The maximum absolute atomic E-state index is 4.48. The summed E-state index contributed by atoms with van der Waals surface area (Å²) in [6.45, 7) is 2.18. The summed E-state index contributed by atoms with van der Waals surface area (Å²) >= 11 is 0. The summed E-state index contributed by atoms with van der Waals surface area (Å²) in [7, 11) is 0. The highest BCUT2D eigenvalue weighted by molar-refractivity contribution is 5.90. The number of rotatable bonds is 4. The molecular formula is C22H19N3. The van der Waals surface area contributed by atoms with Crippen molar-refractivity contribution < 1.29 is 0 Å². The van der Waals surface area contributed by atoms with E-state index in [-0.39, 0.29) is 0 Å². The average molecular weight is 325 g/mol. The van der Waals surface area contributed by atoms with Gasteiger partial charge in [0.05, 0.1) is 11.2 Å². The molecule has 0 radical (unpaired) electrons. The van der Waals surface area contributed by atoms with Gasteiger partial charge in [-0.25, -0.2) is 9.97 Å². The van der Waals surface area contributed by atoms with E-state index >= 15 is 0 Å². The fraction of sp³-hybridized carbons (Fsp3) is 0.0909. The van der Waals surface area contributed by atoms with E-state index in [4.69, 9.17) is 0 Å². The van der Waals surface area contributed by atoms with E-state index in [2.05, 4.69) is 82.1 Å². The number of allylic oxidation sites excluding steroid dienone is 1. The highest BCUT2D eigenvalue weighted by Crippen LogP contribution is 2.30. The Hall–Kier alpha value is -3.20. The molecule has 122 valence electrons. The number of hydrogen-bond acceptors (Lipinski definition) is 2. The Kier molecular flexibility index (Phi) is 4.13. The molecule has 0 aliphatic heterocycles. The number of benzene rings is 2. The van der Waals surface area contributed by atoms with Crippen molar-refractivity contribution in [3.8, 4) is 5.95 Å². The molecule has 0 aliphatic carbocycles. The third-order valence-electron chi connectivity index (χ3n) is 4.31. The van der Waals surface area contributed by atoms with Gasteiger partial charge in [-0.05, 0) is 41.8 Å². The van der Waals surface area contributed by atoms with Crippen LogP contribution in [-0.2, 0) is 0 Å². The van der Waals surface area contributed by atoms with Crippen molar-refractivity contribution in [2.24, 2.45) is 0 Å². The van der Waals surface area contributed by atoms with E-state index in [0.717, 1.165) is 17.6 Å². The zero-order valence-electron chi connectivity index (χ0n) is 14.1. The van der Waals surface area contributed by atoms with Gasteiger partial charge in [-0.2, -0.15) is 0 Å². The van der Waals surface area contributed by atoms with E-state index in [1.165, 1.54) is 16.5 Å². The van der Waals surface area contributed by atoms with Crippen molar-refractivity contribution in [2.45, 2.75) is 13.3 Å². The molecule has 25 heavy (non-hydrogen) atoms. The minimum Gasteiger partial charge on any atom is -0.278 e. The van der Waals surface area contributed by atoms with Crippen molar-refractivity contribution in [2.75, 3.05) is 0 Å². The quantitative estimate of drug-likeness (QED) is 0.505. The molecule has 4 rings (SSSR count). The van der Waals surface area contributed by atoms with E-state index in [1.807, 2.05) is 12.1 Å². The first-order valence-electron chi connectivity index (χ1n) is 8.50. The fourth-order valence-electron chi connectivity index (χ4n) is 3.12. The van der Waals surface area contributed by atoms with Crippen LogP contribution in [0.15, 0.2) is 79.1 Å². The zero-order chi connectivity index (χ0) is 17.1. The molecule has 0 aliphatic rings. The normalized spacial score (nSPS) is 11.8. The SMILES string of the molecule is CC/C(=C\c1ccccc1)c1cc2ccccc2n1-c1ncccn1. The highest BCUT2D eigenvalue weighted by Gasteiger charge is 2.14. The van der Waals surface area contributed by atoms with Gasteiger partial charge in [-0.3, -0.25) is 4.57 Å². The maximum atomic E-state index is 4.48. The van der Waals surface area contributed by atoms with Crippen molar-refractivity contribution in [1.82, 2.24) is 14.5 Å². The van der Waals surface area contributed by atoms with Gasteiger partial charge in [0, 0.05) is 17.8 Å². The van der Waals surface area contributed by atoms with Gasteiger partial charge in [0.25, 0.3) is 0 Å². The predicted octanol–water partition coefficient (Wildman–Crippen LogP) is 5.37. The Morgan fingerprint density at radius 3 is 2.40 bits per heavy atom.